The number of furan rings is 1. The highest BCUT2D eigenvalue weighted by molar-refractivity contribution is 5.92. The van der Waals surface area contributed by atoms with E-state index in [4.69, 9.17) is 18.6 Å². The fourth-order valence-corrected chi connectivity index (χ4v) is 3.57. The van der Waals surface area contributed by atoms with Crippen LogP contribution >= 0.6 is 0 Å². The number of rotatable bonds is 6. The topological polar surface area (TPSA) is 94.4 Å². The third-order valence-electron chi connectivity index (χ3n) is 5.08. The van der Waals surface area contributed by atoms with Crippen molar-refractivity contribution in [2.45, 2.75) is 0 Å². The van der Waals surface area contributed by atoms with Gasteiger partial charge < -0.3 is 23.9 Å². The van der Waals surface area contributed by atoms with Gasteiger partial charge in [0.05, 0.1) is 38.7 Å². The first-order valence-corrected chi connectivity index (χ1v) is 9.59. The number of methoxy groups -OCH3 is 3. The first kappa shape index (κ1) is 18.8. The van der Waals surface area contributed by atoms with Crippen LogP contribution < -0.4 is 19.5 Å². The molecule has 5 aromatic rings. The van der Waals surface area contributed by atoms with Gasteiger partial charge in [0.25, 0.3) is 0 Å². The smallest absolute Gasteiger partial charge is 0.203 e. The van der Waals surface area contributed by atoms with Gasteiger partial charge in [-0.2, -0.15) is 5.10 Å². The molecular weight excluding hydrogens is 396 g/mol. The van der Waals surface area contributed by atoms with Crippen LogP contribution in [-0.4, -0.2) is 36.5 Å². The summed E-state index contributed by atoms with van der Waals surface area (Å²) in [6.45, 7) is 0. The van der Waals surface area contributed by atoms with Gasteiger partial charge in [0.2, 0.25) is 5.75 Å². The second-order valence-electron chi connectivity index (χ2n) is 6.89. The minimum absolute atomic E-state index is 0.527. The number of aromatic amines is 1. The molecule has 0 saturated carbocycles. The lowest BCUT2D eigenvalue weighted by Crippen LogP contribution is -1.95. The molecule has 0 fully saturated rings. The monoisotopic (exact) mass is 416 g/mol. The zero-order valence-corrected chi connectivity index (χ0v) is 17.2. The average molecular weight is 416 g/mol. The number of pyridine rings is 1. The van der Waals surface area contributed by atoms with Crippen molar-refractivity contribution in [1.29, 1.82) is 0 Å². The Morgan fingerprint density at radius 2 is 1.74 bits per heavy atom. The fourth-order valence-electron chi connectivity index (χ4n) is 3.57. The van der Waals surface area contributed by atoms with Crippen LogP contribution in [0.15, 0.2) is 59.3 Å². The van der Waals surface area contributed by atoms with Crippen LogP contribution in [0.25, 0.3) is 33.3 Å². The number of aromatic nitrogens is 3. The molecule has 0 aliphatic carbocycles. The lowest BCUT2D eigenvalue weighted by Gasteiger charge is -2.13. The van der Waals surface area contributed by atoms with Gasteiger partial charge in [0.1, 0.15) is 11.3 Å². The maximum Gasteiger partial charge on any atom is 0.203 e. The minimum Gasteiger partial charge on any atom is -0.493 e. The molecule has 3 aromatic heterocycles. The lowest BCUT2D eigenvalue weighted by molar-refractivity contribution is 0.324. The summed E-state index contributed by atoms with van der Waals surface area (Å²) >= 11 is 0. The quantitative estimate of drug-likeness (QED) is 0.396. The Morgan fingerprint density at radius 3 is 2.48 bits per heavy atom. The first-order chi connectivity index (χ1) is 15.2. The molecule has 0 aliphatic heterocycles. The normalized spacial score (nSPS) is 11.1. The minimum atomic E-state index is 0.527. The Balaban J connectivity index is 1.56. The van der Waals surface area contributed by atoms with Crippen LogP contribution in [0.3, 0.4) is 0 Å². The standard InChI is InChI=1S/C23H20N4O4/c1-28-20-8-14(9-21(29-2)23(20)30-3)19-11-18-22(31-19)16(6-7-24-18)26-15-5-4-13-12-25-27-17(13)10-15/h4-12H,1-3H3,(H,24,26)(H,25,27). The molecule has 8 heteroatoms. The van der Waals surface area contributed by atoms with Gasteiger partial charge in [0.15, 0.2) is 17.1 Å². The third-order valence-corrected chi connectivity index (χ3v) is 5.08. The van der Waals surface area contributed by atoms with Crippen molar-refractivity contribution in [2.75, 3.05) is 26.6 Å². The molecule has 31 heavy (non-hydrogen) atoms. The van der Waals surface area contributed by atoms with Gasteiger partial charge >= 0.3 is 0 Å². The highest BCUT2D eigenvalue weighted by Gasteiger charge is 2.17. The van der Waals surface area contributed by atoms with Crippen molar-refractivity contribution >= 4 is 33.4 Å². The maximum atomic E-state index is 6.21. The number of H-pyrrole nitrogens is 1. The van der Waals surface area contributed by atoms with Crippen molar-refractivity contribution in [3.63, 3.8) is 0 Å². The number of ether oxygens (including phenoxy) is 3. The Morgan fingerprint density at radius 1 is 0.935 bits per heavy atom. The van der Waals surface area contributed by atoms with Crippen molar-refractivity contribution in [1.82, 2.24) is 15.2 Å². The zero-order valence-electron chi connectivity index (χ0n) is 17.2. The van der Waals surface area contributed by atoms with Crippen LogP contribution in [0, 0.1) is 0 Å². The van der Waals surface area contributed by atoms with Gasteiger partial charge in [0, 0.05) is 28.9 Å². The summed E-state index contributed by atoms with van der Waals surface area (Å²) in [7, 11) is 4.74. The molecule has 0 radical (unpaired) electrons. The van der Waals surface area contributed by atoms with E-state index < -0.39 is 0 Å². The van der Waals surface area contributed by atoms with E-state index in [9.17, 15) is 0 Å². The van der Waals surface area contributed by atoms with Crippen molar-refractivity contribution < 1.29 is 18.6 Å². The predicted octanol–water partition coefficient (Wildman–Crippen LogP) is 5.14. The maximum absolute atomic E-state index is 6.21. The highest BCUT2D eigenvalue weighted by Crippen LogP contribution is 2.42. The second-order valence-corrected chi connectivity index (χ2v) is 6.89. The van der Waals surface area contributed by atoms with Crippen molar-refractivity contribution in [3.8, 4) is 28.6 Å². The number of benzene rings is 2. The Hall–Kier alpha value is -4.20. The summed E-state index contributed by atoms with van der Waals surface area (Å²) in [5.74, 6) is 2.27. The number of nitrogens with one attached hydrogen (secondary N) is 2. The van der Waals surface area contributed by atoms with Crippen LogP contribution in [0.4, 0.5) is 11.4 Å². The first-order valence-electron chi connectivity index (χ1n) is 9.59. The predicted molar refractivity (Wildman–Crippen MR) is 118 cm³/mol. The van der Waals surface area contributed by atoms with E-state index >= 15 is 0 Å². The molecule has 0 unspecified atom stereocenters. The number of fused-ring (bicyclic) bond motifs is 2. The fraction of sp³-hybridized carbons (Fsp3) is 0.130. The van der Waals surface area contributed by atoms with E-state index in [1.807, 2.05) is 42.5 Å². The van der Waals surface area contributed by atoms with Crippen molar-refractivity contribution in [3.05, 3.63) is 54.9 Å². The highest BCUT2D eigenvalue weighted by atomic mass is 16.5. The molecule has 156 valence electrons. The van der Waals surface area contributed by atoms with Gasteiger partial charge in [-0.3, -0.25) is 10.1 Å². The van der Waals surface area contributed by atoms with Gasteiger partial charge in [-0.15, -0.1) is 0 Å². The SMILES string of the molecule is COc1cc(-c2cc3nccc(Nc4ccc5cn[nH]c5c4)c3o2)cc(OC)c1OC. The molecule has 0 bridgehead atoms. The van der Waals surface area contributed by atoms with Gasteiger partial charge in [-0.05, 0) is 36.4 Å². The van der Waals surface area contributed by atoms with E-state index in [1.54, 1.807) is 33.7 Å². The van der Waals surface area contributed by atoms with Crippen LogP contribution in [0.5, 0.6) is 17.2 Å². The number of anilines is 2. The van der Waals surface area contributed by atoms with E-state index in [-0.39, 0.29) is 0 Å². The summed E-state index contributed by atoms with van der Waals surface area (Å²) in [5, 5.41) is 11.5. The molecule has 5 rings (SSSR count). The number of hydrogen-bond acceptors (Lipinski definition) is 7. The third kappa shape index (κ3) is 3.28. The molecule has 0 spiro atoms. The summed E-state index contributed by atoms with van der Waals surface area (Å²) in [6.07, 6.45) is 3.54. The Labute approximate surface area is 177 Å². The summed E-state index contributed by atoms with van der Waals surface area (Å²) in [6, 6.07) is 13.5. The van der Waals surface area contributed by atoms with Crippen LogP contribution in [0.1, 0.15) is 0 Å². The van der Waals surface area contributed by atoms with E-state index in [1.165, 1.54) is 0 Å². The average Bonchev–Trinajstić information content (AvgIpc) is 3.45. The zero-order chi connectivity index (χ0) is 21.4. The largest absolute Gasteiger partial charge is 0.493 e. The molecule has 2 aromatic carbocycles. The molecule has 2 N–H and O–H groups in total. The number of nitrogens with zero attached hydrogens (tertiary/aromatic N) is 2. The second kappa shape index (κ2) is 7.56. The molecule has 0 amide bonds. The Bertz CT molecular complexity index is 1360. The molecule has 8 nitrogen and oxygen atoms in total. The lowest BCUT2D eigenvalue weighted by atomic mass is 10.1. The Kier molecular flexibility index (Phi) is 4.59. The van der Waals surface area contributed by atoms with Gasteiger partial charge in [-0.25, -0.2) is 0 Å². The molecular formula is C23H20N4O4. The number of hydrogen-bond donors (Lipinski definition) is 2. The van der Waals surface area contributed by atoms with E-state index in [0.29, 0.717) is 28.6 Å². The van der Waals surface area contributed by atoms with E-state index in [0.717, 1.165) is 33.4 Å². The molecule has 0 saturated heterocycles. The molecule has 0 atom stereocenters. The molecule has 3 heterocycles. The van der Waals surface area contributed by atoms with Crippen molar-refractivity contribution in [2.24, 2.45) is 0 Å². The summed E-state index contributed by atoms with van der Waals surface area (Å²) in [4.78, 5) is 4.45. The summed E-state index contributed by atoms with van der Waals surface area (Å²) in [5.41, 5.74) is 4.84. The van der Waals surface area contributed by atoms with E-state index in [2.05, 4.69) is 20.5 Å². The van der Waals surface area contributed by atoms with Crippen LogP contribution in [0.2, 0.25) is 0 Å². The van der Waals surface area contributed by atoms with Crippen LogP contribution in [-0.2, 0) is 0 Å². The molecule has 0 aliphatic rings. The van der Waals surface area contributed by atoms with Gasteiger partial charge in [-0.1, -0.05) is 0 Å². The summed E-state index contributed by atoms with van der Waals surface area (Å²) < 4.78 is 22.5.